The van der Waals surface area contributed by atoms with E-state index in [0.29, 0.717) is 0 Å². The van der Waals surface area contributed by atoms with Crippen molar-refractivity contribution in [3.63, 3.8) is 0 Å². The molecule has 68 heavy (non-hydrogen) atoms. The Morgan fingerprint density at radius 1 is 0.412 bits per heavy atom. The minimum absolute atomic E-state index is 0.0187. The molecule has 1 atom stereocenters. The van der Waals surface area contributed by atoms with E-state index in [-0.39, 0.29) is 6.04 Å². The SMILES string of the molecule is CCC1NC(c2ccc(-c3ccc4c(ccc5ccccc54)c3)cc2)=c2ccccc2=C1n1c2cc3ccccc3cc2c2cccc(-c3cccc(-c4cccc5c4oc4ccccc45)c3)c21. The molecule has 1 aliphatic rings. The summed E-state index contributed by atoms with van der Waals surface area (Å²) in [5.74, 6) is 0. The maximum Gasteiger partial charge on any atom is 0.143 e. The Morgan fingerprint density at radius 2 is 1.03 bits per heavy atom. The normalized spacial score (nSPS) is 13.9. The zero-order chi connectivity index (χ0) is 44.9. The minimum atomic E-state index is 0.0187. The van der Waals surface area contributed by atoms with Gasteiger partial charge in [-0.15, -0.1) is 0 Å². The number of hydrogen-bond donors (Lipinski definition) is 1. The van der Waals surface area contributed by atoms with Crippen LogP contribution in [0.5, 0.6) is 0 Å². The smallest absolute Gasteiger partial charge is 0.143 e. The molecule has 13 aromatic rings. The molecule has 14 rings (SSSR count). The van der Waals surface area contributed by atoms with Crippen LogP contribution in [0.15, 0.2) is 229 Å². The van der Waals surface area contributed by atoms with Gasteiger partial charge in [-0.05, 0) is 96.9 Å². The van der Waals surface area contributed by atoms with Gasteiger partial charge in [-0.1, -0.05) is 201 Å². The second-order valence-electron chi connectivity index (χ2n) is 18.3. The summed E-state index contributed by atoms with van der Waals surface area (Å²) in [7, 11) is 0. The van der Waals surface area contributed by atoms with Crippen molar-refractivity contribution in [2.45, 2.75) is 19.4 Å². The van der Waals surface area contributed by atoms with E-state index in [4.69, 9.17) is 4.42 Å². The number of nitrogens with zero attached hydrogens (tertiary/aromatic N) is 1. The fourth-order valence-corrected chi connectivity index (χ4v) is 11.3. The van der Waals surface area contributed by atoms with Crippen LogP contribution in [-0.4, -0.2) is 10.6 Å². The summed E-state index contributed by atoms with van der Waals surface area (Å²) in [5, 5.41) is 18.9. The van der Waals surface area contributed by atoms with Crippen LogP contribution in [0.25, 0.3) is 121 Å². The highest BCUT2D eigenvalue weighted by atomic mass is 16.3. The second kappa shape index (κ2) is 15.2. The van der Waals surface area contributed by atoms with Crippen molar-refractivity contribution < 1.29 is 4.42 Å². The van der Waals surface area contributed by atoms with E-state index < -0.39 is 0 Å². The molecule has 0 saturated heterocycles. The Balaban J connectivity index is 0.973. The van der Waals surface area contributed by atoms with Crippen molar-refractivity contribution in [2.75, 3.05) is 0 Å². The van der Waals surface area contributed by atoms with Gasteiger partial charge in [0.05, 0.1) is 22.8 Å². The number of rotatable bonds is 6. The fourth-order valence-electron chi connectivity index (χ4n) is 11.3. The van der Waals surface area contributed by atoms with Gasteiger partial charge >= 0.3 is 0 Å². The lowest BCUT2D eigenvalue weighted by Crippen LogP contribution is -2.47. The average molecular weight is 869 g/mol. The van der Waals surface area contributed by atoms with E-state index in [1.165, 1.54) is 92.5 Å². The lowest BCUT2D eigenvalue weighted by atomic mass is 9.94. The summed E-state index contributed by atoms with van der Waals surface area (Å²) < 4.78 is 9.16. The highest BCUT2D eigenvalue weighted by molar-refractivity contribution is 6.18. The van der Waals surface area contributed by atoms with Crippen molar-refractivity contribution in [3.05, 3.63) is 240 Å². The van der Waals surface area contributed by atoms with Crippen LogP contribution < -0.4 is 15.8 Å². The van der Waals surface area contributed by atoms with Gasteiger partial charge < -0.3 is 14.3 Å². The van der Waals surface area contributed by atoms with Crippen molar-refractivity contribution in [1.29, 1.82) is 0 Å². The first-order valence-electron chi connectivity index (χ1n) is 23.8. The molecule has 1 aliphatic heterocycles. The summed E-state index contributed by atoms with van der Waals surface area (Å²) >= 11 is 0. The summed E-state index contributed by atoms with van der Waals surface area (Å²) in [4.78, 5) is 0. The Bertz CT molecular complexity index is 4340. The van der Waals surface area contributed by atoms with Crippen molar-refractivity contribution in [3.8, 4) is 33.4 Å². The molecule has 1 unspecified atom stereocenters. The lowest BCUT2D eigenvalue weighted by Gasteiger charge is -2.30. The van der Waals surface area contributed by atoms with Gasteiger partial charge in [0.2, 0.25) is 0 Å². The van der Waals surface area contributed by atoms with Crippen LogP contribution in [0, 0.1) is 0 Å². The Morgan fingerprint density at radius 3 is 1.87 bits per heavy atom. The van der Waals surface area contributed by atoms with E-state index in [9.17, 15) is 0 Å². The largest absolute Gasteiger partial charge is 0.455 e. The predicted octanol–water partition coefficient (Wildman–Crippen LogP) is 15.3. The van der Waals surface area contributed by atoms with Crippen LogP contribution in [0.3, 0.4) is 0 Å². The van der Waals surface area contributed by atoms with E-state index in [0.717, 1.165) is 50.7 Å². The van der Waals surface area contributed by atoms with Crippen molar-refractivity contribution in [1.82, 2.24) is 9.88 Å². The molecule has 3 nitrogen and oxygen atoms in total. The molecule has 0 radical (unpaired) electrons. The molecule has 0 amide bonds. The van der Waals surface area contributed by atoms with Gasteiger partial charge in [-0.3, -0.25) is 0 Å². The molecular weight excluding hydrogens is 825 g/mol. The van der Waals surface area contributed by atoms with E-state index in [1.807, 2.05) is 6.07 Å². The Labute approximate surface area is 393 Å². The van der Waals surface area contributed by atoms with Crippen LogP contribution in [-0.2, 0) is 0 Å². The van der Waals surface area contributed by atoms with Crippen LogP contribution in [0.2, 0.25) is 0 Å². The zero-order valence-electron chi connectivity index (χ0n) is 37.5. The van der Waals surface area contributed by atoms with Gasteiger partial charge in [0.1, 0.15) is 11.2 Å². The number of furan rings is 1. The fraction of sp³-hybridized carbons (Fsp3) is 0.0462. The van der Waals surface area contributed by atoms with Gasteiger partial charge in [-0.2, -0.15) is 0 Å². The number of benzene rings is 11. The number of hydrogen-bond acceptors (Lipinski definition) is 2. The van der Waals surface area contributed by atoms with Crippen LogP contribution in [0.1, 0.15) is 18.9 Å². The first-order chi connectivity index (χ1) is 33.7. The molecule has 1 N–H and O–H groups in total. The third-order valence-corrected chi connectivity index (χ3v) is 14.6. The first kappa shape index (κ1) is 38.6. The predicted molar refractivity (Wildman–Crippen MR) is 286 cm³/mol. The van der Waals surface area contributed by atoms with Crippen LogP contribution in [0.4, 0.5) is 0 Å². The lowest BCUT2D eigenvalue weighted by molar-refractivity contribution is 0.669. The second-order valence-corrected chi connectivity index (χ2v) is 18.3. The molecule has 2 aromatic heterocycles. The van der Waals surface area contributed by atoms with Gasteiger partial charge in [0, 0.05) is 48.8 Å². The van der Waals surface area contributed by atoms with E-state index >= 15 is 0 Å². The van der Waals surface area contributed by atoms with Crippen LogP contribution >= 0.6 is 0 Å². The van der Waals surface area contributed by atoms with E-state index in [2.05, 4.69) is 235 Å². The molecule has 0 fully saturated rings. The Kier molecular flexibility index (Phi) is 8.63. The monoisotopic (exact) mass is 868 g/mol. The summed E-state index contributed by atoms with van der Waals surface area (Å²) in [6.07, 6.45) is 0.894. The average Bonchev–Trinajstić information content (AvgIpc) is 3.95. The van der Waals surface area contributed by atoms with Crippen molar-refractivity contribution >= 4 is 87.5 Å². The van der Waals surface area contributed by atoms with Gasteiger partial charge in [0.25, 0.3) is 0 Å². The topological polar surface area (TPSA) is 30.1 Å². The first-order valence-corrected chi connectivity index (χ1v) is 23.8. The highest BCUT2D eigenvalue weighted by Crippen LogP contribution is 2.43. The Hall–Kier alpha value is -8.66. The highest BCUT2D eigenvalue weighted by Gasteiger charge is 2.27. The molecule has 3 heteroatoms. The number of para-hydroxylation sites is 3. The standard InChI is InChI=1S/C65H44N2O/c1-2-59-64(55-22-8-7-21-54(55)62(66-59)42-31-28-40(29-32-42)45-34-35-50-48(36-45)33-30-41-14-5-6-19-49(41)50)67-60-39-44-16-4-3-15-43(44)38-58(60)56-25-12-23-51(63(56)67)46-17-11-18-47(37-46)52-24-13-26-57-53-20-9-10-27-61(53)68-65(52)57/h3-39,59,66H,2H2,1H3. The third-order valence-electron chi connectivity index (χ3n) is 14.6. The number of aromatic nitrogens is 1. The molecule has 320 valence electrons. The quantitative estimate of drug-likeness (QED) is 0.169. The van der Waals surface area contributed by atoms with Crippen molar-refractivity contribution in [2.24, 2.45) is 0 Å². The molecule has 0 spiro atoms. The molecule has 11 aromatic carbocycles. The number of fused-ring (bicyclic) bond motifs is 11. The summed E-state index contributed by atoms with van der Waals surface area (Å²) in [6, 6.07) is 82.4. The molecule has 0 saturated carbocycles. The van der Waals surface area contributed by atoms with E-state index in [1.54, 1.807) is 0 Å². The minimum Gasteiger partial charge on any atom is -0.455 e. The zero-order valence-corrected chi connectivity index (χ0v) is 37.5. The van der Waals surface area contributed by atoms with Gasteiger partial charge in [0.15, 0.2) is 0 Å². The summed E-state index contributed by atoms with van der Waals surface area (Å²) in [5.41, 5.74) is 14.8. The van der Waals surface area contributed by atoms with Gasteiger partial charge in [-0.25, -0.2) is 0 Å². The maximum absolute atomic E-state index is 6.56. The summed E-state index contributed by atoms with van der Waals surface area (Å²) in [6.45, 7) is 2.31. The number of nitrogens with one attached hydrogen (secondary N) is 1. The third kappa shape index (κ3) is 5.92. The molecule has 0 aliphatic carbocycles. The molecular formula is C65H44N2O. The maximum atomic E-state index is 6.56. The molecule has 3 heterocycles. The molecule has 0 bridgehead atoms.